The van der Waals surface area contributed by atoms with Gasteiger partial charge in [-0.1, -0.05) is 63.7 Å². The van der Waals surface area contributed by atoms with Crippen LogP contribution in [0.2, 0.25) is 0 Å². The lowest BCUT2D eigenvalue weighted by Crippen LogP contribution is -1.94. The van der Waals surface area contributed by atoms with Crippen molar-refractivity contribution in [1.82, 2.24) is 0 Å². The van der Waals surface area contributed by atoms with E-state index in [1.54, 1.807) is 12.2 Å². The molecule has 1 aliphatic heterocycles. The maximum atomic E-state index is 10.2. The van der Waals surface area contributed by atoms with Crippen molar-refractivity contribution in [2.24, 2.45) is 0 Å². The van der Waals surface area contributed by atoms with Crippen molar-refractivity contribution >= 4 is 5.97 Å². The zero-order chi connectivity index (χ0) is 15.3. The van der Waals surface area contributed by atoms with Crippen molar-refractivity contribution in [2.75, 3.05) is 0 Å². The SMILES string of the molecule is CCCCCCCCC1OC1CCCC=C/C=C\C(=O)O. The van der Waals surface area contributed by atoms with E-state index in [9.17, 15) is 4.79 Å². The second-order valence-electron chi connectivity index (χ2n) is 5.83. The molecule has 1 aliphatic rings. The van der Waals surface area contributed by atoms with E-state index in [1.807, 2.05) is 6.08 Å². The molecule has 0 amide bonds. The molecule has 0 bridgehead atoms. The zero-order valence-electron chi connectivity index (χ0n) is 13.3. The highest BCUT2D eigenvalue weighted by Gasteiger charge is 2.36. The number of hydrogen-bond acceptors (Lipinski definition) is 2. The van der Waals surface area contributed by atoms with Crippen LogP contribution < -0.4 is 0 Å². The number of ether oxygens (including phenoxy) is 1. The molecule has 3 nitrogen and oxygen atoms in total. The van der Waals surface area contributed by atoms with Crippen LogP contribution in [0.25, 0.3) is 0 Å². The van der Waals surface area contributed by atoms with Gasteiger partial charge in [0.2, 0.25) is 0 Å². The fraction of sp³-hybridized carbons (Fsp3) is 0.722. The molecular formula is C18H30O3. The first kappa shape index (κ1) is 18.0. The van der Waals surface area contributed by atoms with E-state index < -0.39 is 5.97 Å². The van der Waals surface area contributed by atoms with Crippen LogP contribution in [-0.4, -0.2) is 23.3 Å². The van der Waals surface area contributed by atoms with Crippen LogP contribution in [0.3, 0.4) is 0 Å². The molecule has 0 aromatic carbocycles. The average Bonchev–Trinajstić information content (AvgIpc) is 3.20. The van der Waals surface area contributed by atoms with E-state index in [1.165, 1.54) is 44.9 Å². The van der Waals surface area contributed by atoms with Gasteiger partial charge < -0.3 is 9.84 Å². The van der Waals surface area contributed by atoms with Gasteiger partial charge in [0.1, 0.15) is 0 Å². The van der Waals surface area contributed by atoms with E-state index in [0.717, 1.165) is 25.3 Å². The number of aliphatic carboxylic acids is 1. The Kier molecular flexibility index (Phi) is 9.88. The topological polar surface area (TPSA) is 49.8 Å². The molecule has 1 saturated heterocycles. The van der Waals surface area contributed by atoms with Gasteiger partial charge in [-0.05, 0) is 25.7 Å². The zero-order valence-corrected chi connectivity index (χ0v) is 13.3. The summed E-state index contributed by atoms with van der Waals surface area (Å²) in [6, 6.07) is 0. The molecule has 1 N–H and O–H groups in total. The molecule has 3 heteroatoms. The fourth-order valence-electron chi connectivity index (χ4n) is 2.56. The second-order valence-corrected chi connectivity index (χ2v) is 5.83. The van der Waals surface area contributed by atoms with E-state index >= 15 is 0 Å². The van der Waals surface area contributed by atoms with E-state index in [4.69, 9.17) is 9.84 Å². The Hall–Kier alpha value is -1.09. The highest BCUT2D eigenvalue weighted by Crippen LogP contribution is 2.31. The minimum absolute atomic E-state index is 0.489. The van der Waals surface area contributed by atoms with Crippen molar-refractivity contribution < 1.29 is 14.6 Å². The summed E-state index contributed by atoms with van der Waals surface area (Å²) in [5, 5.41) is 8.42. The quantitative estimate of drug-likeness (QED) is 0.228. The van der Waals surface area contributed by atoms with Crippen molar-refractivity contribution in [3.8, 4) is 0 Å². The number of epoxide rings is 1. The standard InChI is InChI=1S/C18H30O3/c1-2-3-4-5-7-10-13-16-17(21-16)14-11-8-6-9-12-15-18(19)20/h6,9,12,15-17H,2-5,7-8,10-11,13-14H2,1H3,(H,19,20)/b9-6?,15-12-. The number of carbonyl (C=O) groups is 1. The summed E-state index contributed by atoms with van der Waals surface area (Å²) in [7, 11) is 0. The van der Waals surface area contributed by atoms with Gasteiger partial charge in [-0.25, -0.2) is 4.79 Å². The minimum atomic E-state index is -0.899. The third kappa shape index (κ3) is 10.3. The van der Waals surface area contributed by atoms with Gasteiger partial charge in [-0.2, -0.15) is 0 Å². The third-order valence-corrected chi connectivity index (χ3v) is 3.88. The third-order valence-electron chi connectivity index (χ3n) is 3.88. The predicted octanol–water partition coefficient (Wildman–Crippen LogP) is 4.87. The first-order chi connectivity index (χ1) is 10.2. The maximum absolute atomic E-state index is 10.2. The molecule has 21 heavy (non-hydrogen) atoms. The van der Waals surface area contributed by atoms with Crippen LogP contribution in [0.1, 0.15) is 71.1 Å². The highest BCUT2D eigenvalue weighted by molar-refractivity contribution is 5.80. The van der Waals surface area contributed by atoms with Crippen LogP contribution in [0.4, 0.5) is 0 Å². The second kappa shape index (κ2) is 11.6. The number of unbranched alkanes of at least 4 members (excludes halogenated alkanes) is 6. The minimum Gasteiger partial charge on any atom is -0.478 e. The summed E-state index contributed by atoms with van der Waals surface area (Å²) >= 11 is 0. The van der Waals surface area contributed by atoms with Gasteiger partial charge >= 0.3 is 5.97 Å². The van der Waals surface area contributed by atoms with Crippen molar-refractivity contribution in [3.63, 3.8) is 0 Å². The lowest BCUT2D eigenvalue weighted by molar-refractivity contribution is -0.131. The van der Waals surface area contributed by atoms with E-state index in [0.29, 0.717) is 12.2 Å². The summed E-state index contributed by atoms with van der Waals surface area (Å²) in [4.78, 5) is 10.2. The predicted molar refractivity (Wildman–Crippen MR) is 86.4 cm³/mol. The Morgan fingerprint density at radius 3 is 2.38 bits per heavy atom. The summed E-state index contributed by atoms with van der Waals surface area (Å²) in [6.07, 6.45) is 20.1. The van der Waals surface area contributed by atoms with Gasteiger partial charge in [0, 0.05) is 6.08 Å². The molecular weight excluding hydrogens is 264 g/mol. The van der Waals surface area contributed by atoms with Gasteiger partial charge in [0.05, 0.1) is 12.2 Å². The van der Waals surface area contributed by atoms with E-state index in [2.05, 4.69) is 6.92 Å². The Bertz CT molecular complexity index is 333. The number of hydrogen-bond donors (Lipinski definition) is 1. The molecule has 120 valence electrons. The number of carboxylic acids is 1. The Balaban J connectivity index is 1.87. The fourth-order valence-corrected chi connectivity index (χ4v) is 2.56. The van der Waals surface area contributed by atoms with Crippen LogP contribution in [0.5, 0.6) is 0 Å². The van der Waals surface area contributed by atoms with Crippen molar-refractivity contribution in [1.29, 1.82) is 0 Å². The molecule has 2 atom stereocenters. The van der Waals surface area contributed by atoms with Crippen molar-refractivity contribution in [2.45, 2.75) is 83.3 Å². The van der Waals surface area contributed by atoms with Gasteiger partial charge in [0.15, 0.2) is 0 Å². The number of carboxylic acid groups (broad SMARTS) is 1. The molecule has 0 aromatic rings. The first-order valence-electron chi connectivity index (χ1n) is 8.45. The molecule has 0 spiro atoms. The Labute approximate surface area is 129 Å². The lowest BCUT2D eigenvalue weighted by atomic mass is 10.1. The monoisotopic (exact) mass is 294 g/mol. The Morgan fingerprint density at radius 1 is 1.00 bits per heavy atom. The van der Waals surface area contributed by atoms with Crippen LogP contribution in [0.15, 0.2) is 24.3 Å². The van der Waals surface area contributed by atoms with Crippen LogP contribution in [0, 0.1) is 0 Å². The number of allylic oxidation sites excluding steroid dienone is 3. The molecule has 0 saturated carbocycles. The molecule has 0 aromatic heterocycles. The van der Waals surface area contributed by atoms with Gasteiger partial charge in [0.25, 0.3) is 0 Å². The van der Waals surface area contributed by atoms with E-state index in [-0.39, 0.29) is 0 Å². The summed E-state index contributed by atoms with van der Waals surface area (Å²) in [5.74, 6) is -0.899. The summed E-state index contributed by atoms with van der Waals surface area (Å²) in [5.41, 5.74) is 0. The normalized spacial score (nSPS) is 21.4. The van der Waals surface area contributed by atoms with Gasteiger partial charge in [-0.15, -0.1) is 0 Å². The molecule has 1 fully saturated rings. The highest BCUT2D eigenvalue weighted by atomic mass is 16.6. The van der Waals surface area contributed by atoms with Crippen LogP contribution in [-0.2, 0) is 9.53 Å². The molecule has 1 rings (SSSR count). The van der Waals surface area contributed by atoms with Crippen molar-refractivity contribution in [3.05, 3.63) is 24.3 Å². The average molecular weight is 294 g/mol. The summed E-state index contributed by atoms with van der Waals surface area (Å²) < 4.78 is 5.69. The lowest BCUT2D eigenvalue weighted by Gasteiger charge is -1.98. The number of rotatable bonds is 13. The smallest absolute Gasteiger partial charge is 0.328 e. The first-order valence-corrected chi connectivity index (χ1v) is 8.45. The Morgan fingerprint density at radius 2 is 1.67 bits per heavy atom. The molecule has 2 unspecified atom stereocenters. The largest absolute Gasteiger partial charge is 0.478 e. The van der Waals surface area contributed by atoms with Crippen LogP contribution >= 0.6 is 0 Å². The molecule has 1 heterocycles. The molecule has 0 radical (unpaired) electrons. The maximum Gasteiger partial charge on any atom is 0.328 e. The van der Waals surface area contributed by atoms with Gasteiger partial charge in [-0.3, -0.25) is 0 Å². The molecule has 0 aliphatic carbocycles. The summed E-state index contributed by atoms with van der Waals surface area (Å²) in [6.45, 7) is 2.25.